The number of benzene rings is 1. The number of halogens is 1. The highest BCUT2D eigenvalue weighted by Gasteiger charge is 2.17. The Balaban J connectivity index is 2.29. The maximum Gasteiger partial charge on any atom is 0.141 e. The molecule has 114 valence electrons. The number of thiophene rings is 1. The number of rotatable bonds is 4. The van der Waals surface area contributed by atoms with Crippen molar-refractivity contribution in [2.45, 2.75) is 39.2 Å². The molecule has 2 nitrogen and oxygen atoms in total. The summed E-state index contributed by atoms with van der Waals surface area (Å²) in [4.78, 5) is 1.21. The van der Waals surface area contributed by atoms with E-state index in [0.717, 1.165) is 15.8 Å². The number of ether oxygens (including phenoxy) is 1. The molecular weight excluding hydrogens is 302 g/mol. The second-order valence-electron chi connectivity index (χ2n) is 6.17. The molecule has 0 bridgehead atoms. The number of hydrogen-bond donors (Lipinski definition) is 1. The number of nitrogens with one attached hydrogen (secondary N) is 1. The molecule has 1 unspecified atom stereocenters. The van der Waals surface area contributed by atoms with Crippen LogP contribution in [0.2, 0.25) is 4.34 Å². The summed E-state index contributed by atoms with van der Waals surface area (Å²) in [5, 5.41) is 3.53. The Bertz CT molecular complexity index is 615. The monoisotopic (exact) mass is 323 g/mol. The van der Waals surface area contributed by atoms with Crippen molar-refractivity contribution in [1.29, 1.82) is 0 Å². The average molecular weight is 324 g/mol. The molecule has 1 aromatic heterocycles. The van der Waals surface area contributed by atoms with Gasteiger partial charge in [0.1, 0.15) is 5.75 Å². The fraction of sp³-hybridized carbons (Fsp3) is 0.412. The number of hydrogen-bond acceptors (Lipinski definition) is 3. The predicted octanol–water partition coefficient (Wildman–Crippen LogP) is 5.88. The van der Waals surface area contributed by atoms with Gasteiger partial charge in [0.05, 0.1) is 23.2 Å². The van der Waals surface area contributed by atoms with Gasteiger partial charge in [-0.2, -0.15) is 0 Å². The van der Waals surface area contributed by atoms with E-state index in [2.05, 4.69) is 51.2 Å². The molecule has 1 N–H and O–H groups in total. The summed E-state index contributed by atoms with van der Waals surface area (Å²) < 4.78 is 6.28. The lowest BCUT2D eigenvalue weighted by Gasteiger charge is -2.23. The molecular formula is C17H22ClNOS. The summed E-state index contributed by atoms with van der Waals surface area (Å²) in [5.41, 5.74) is 2.40. The summed E-state index contributed by atoms with van der Waals surface area (Å²) in [6.45, 7) is 8.76. The quantitative estimate of drug-likeness (QED) is 0.758. The fourth-order valence-electron chi connectivity index (χ4n) is 2.15. The molecule has 0 fully saturated rings. The van der Waals surface area contributed by atoms with Crippen molar-refractivity contribution in [3.05, 3.63) is 45.1 Å². The Morgan fingerprint density at radius 2 is 1.90 bits per heavy atom. The van der Waals surface area contributed by atoms with Gasteiger partial charge in [-0.3, -0.25) is 0 Å². The SMILES string of the molecule is COc1ccc(C(C)(C)C)cc1NC(C)c1ccc(Cl)s1. The van der Waals surface area contributed by atoms with E-state index in [1.807, 2.05) is 12.1 Å². The second-order valence-corrected chi connectivity index (χ2v) is 7.92. The number of methoxy groups -OCH3 is 1. The zero-order valence-electron chi connectivity index (χ0n) is 13.2. The van der Waals surface area contributed by atoms with E-state index in [4.69, 9.17) is 16.3 Å². The lowest BCUT2D eigenvalue weighted by molar-refractivity contribution is 0.415. The van der Waals surface area contributed by atoms with Gasteiger partial charge in [0.15, 0.2) is 0 Å². The highest BCUT2D eigenvalue weighted by atomic mass is 35.5. The first-order valence-corrected chi connectivity index (χ1v) is 8.21. The van der Waals surface area contributed by atoms with Gasteiger partial charge in [-0.1, -0.05) is 38.4 Å². The van der Waals surface area contributed by atoms with Crippen LogP contribution in [0.4, 0.5) is 5.69 Å². The molecule has 0 spiro atoms. The Hall–Kier alpha value is -1.19. The summed E-state index contributed by atoms with van der Waals surface area (Å²) in [7, 11) is 1.70. The molecule has 0 amide bonds. The van der Waals surface area contributed by atoms with Gasteiger partial charge in [-0.25, -0.2) is 0 Å². The molecule has 4 heteroatoms. The van der Waals surface area contributed by atoms with Gasteiger partial charge in [0.2, 0.25) is 0 Å². The highest BCUT2D eigenvalue weighted by Crippen LogP contribution is 2.35. The third-order valence-electron chi connectivity index (χ3n) is 3.46. The number of anilines is 1. The van der Waals surface area contributed by atoms with Crippen molar-refractivity contribution in [2.75, 3.05) is 12.4 Å². The van der Waals surface area contributed by atoms with Crippen LogP contribution in [0.15, 0.2) is 30.3 Å². The molecule has 21 heavy (non-hydrogen) atoms. The maximum atomic E-state index is 6.02. The topological polar surface area (TPSA) is 21.3 Å². The van der Waals surface area contributed by atoms with Crippen LogP contribution in [0.5, 0.6) is 5.75 Å². The zero-order chi connectivity index (χ0) is 15.6. The third-order valence-corrected chi connectivity index (χ3v) is 4.87. The molecule has 1 heterocycles. The van der Waals surface area contributed by atoms with E-state index in [1.54, 1.807) is 18.4 Å². The Morgan fingerprint density at radius 3 is 2.43 bits per heavy atom. The lowest BCUT2D eigenvalue weighted by atomic mass is 9.86. The maximum absolute atomic E-state index is 6.02. The van der Waals surface area contributed by atoms with E-state index >= 15 is 0 Å². The summed E-state index contributed by atoms with van der Waals surface area (Å²) in [6, 6.07) is 10.5. The average Bonchev–Trinajstić information content (AvgIpc) is 2.84. The van der Waals surface area contributed by atoms with Crippen LogP contribution < -0.4 is 10.1 Å². The largest absolute Gasteiger partial charge is 0.495 e. The van der Waals surface area contributed by atoms with Crippen molar-refractivity contribution in [3.8, 4) is 5.75 Å². The van der Waals surface area contributed by atoms with Crippen LogP contribution in [0.25, 0.3) is 0 Å². The lowest BCUT2D eigenvalue weighted by Crippen LogP contribution is -2.13. The van der Waals surface area contributed by atoms with Crippen LogP contribution in [0.1, 0.15) is 44.2 Å². The van der Waals surface area contributed by atoms with Gasteiger partial charge < -0.3 is 10.1 Å². The van der Waals surface area contributed by atoms with E-state index in [1.165, 1.54) is 10.4 Å². The molecule has 1 atom stereocenters. The Kier molecular flexibility index (Phi) is 4.84. The predicted molar refractivity (Wildman–Crippen MR) is 93.1 cm³/mol. The zero-order valence-corrected chi connectivity index (χ0v) is 14.7. The standard InChI is InChI=1S/C17H22ClNOS/c1-11(15-8-9-16(18)21-15)19-13-10-12(17(2,3)4)6-7-14(13)20-5/h6-11,19H,1-5H3. The smallest absolute Gasteiger partial charge is 0.141 e. The van der Waals surface area contributed by atoms with Crippen molar-refractivity contribution in [1.82, 2.24) is 0 Å². The van der Waals surface area contributed by atoms with Gasteiger partial charge in [-0.05, 0) is 42.2 Å². The van der Waals surface area contributed by atoms with E-state index < -0.39 is 0 Å². The molecule has 2 rings (SSSR count). The van der Waals surface area contributed by atoms with Crippen molar-refractivity contribution in [3.63, 3.8) is 0 Å². The molecule has 0 aliphatic rings. The summed E-state index contributed by atoms with van der Waals surface area (Å²) in [5.74, 6) is 0.859. The first-order valence-electron chi connectivity index (χ1n) is 7.01. The first kappa shape index (κ1) is 16.2. The van der Waals surface area contributed by atoms with E-state index in [0.29, 0.717) is 0 Å². The van der Waals surface area contributed by atoms with Crippen LogP contribution >= 0.6 is 22.9 Å². The first-order chi connectivity index (χ1) is 9.81. The summed E-state index contributed by atoms with van der Waals surface area (Å²) in [6.07, 6.45) is 0. The minimum absolute atomic E-state index is 0.109. The third kappa shape index (κ3) is 3.92. The Labute approximate surface area is 136 Å². The van der Waals surface area contributed by atoms with E-state index in [9.17, 15) is 0 Å². The molecule has 2 aromatic rings. The van der Waals surface area contributed by atoms with Crippen molar-refractivity contribution >= 4 is 28.6 Å². The van der Waals surface area contributed by atoms with Crippen LogP contribution in [0.3, 0.4) is 0 Å². The molecule has 0 radical (unpaired) electrons. The fourth-order valence-corrected chi connectivity index (χ4v) is 3.22. The second kappa shape index (κ2) is 6.29. The molecule has 1 aromatic carbocycles. The highest BCUT2D eigenvalue weighted by molar-refractivity contribution is 7.16. The molecule has 0 saturated carbocycles. The Morgan fingerprint density at radius 1 is 1.19 bits per heavy atom. The normalized spacial score (nSPS) is 13.0. The van der Waals surface area contributed by atoms with Gasteiger partial charge in [0.25, 0.3) is 0 Å². The molecule has 0 saturated heterocycles. The molecule has 0 aliphatic carbocycles. The van der Waals surface area contributed by atoms with Crippen LogP contribution in [-0.2, 0) is 5.41 Å². The van der Waals surface area contributed by atoms with Gasteiger partial charge in [0, 0.05) is 4.88 Å². The summed E-state index contributed by atoms with van der Waals surface area (Å²) >= 11 is 7.62. The minimum Gasteiger partial charge on any atom is -0.495 e. The van der Waals surface area contributed by atoms with E-state index in [-0.39, 0.29) is 11.5 Å². The van der Waals surface area contributed by atoms with Crippen LogP contribution in [-0.4, -0.2) is 7.11 Å². The molecule has 0 aliphatic heterocycles. The van der Waals surface area contributed by atoms with Crippen molar-refractivity contribution in [2.24, 2.45) is 0 Å². The van der Waals surface area contributed by atoms with Gasteiger partial charge >= 0.3 is 0 Å². The van der Waals surface area contributed by atoms with Crippen LogP contribution in [0, 0.1) is 0 Å². The van der Waals surface area contributed by atoms with Crippen molar-refractivity contribution < 1.29 is 4.74 Å². The minimum atomic E-state index is 0.109. The van der Waals surface area contributed by atoms with Gasteiger partial charge in [-0.15, -0.1) is 11.3 Å².